The van der Waals surface area contributed by atoms with Gasteiger partial charge in [-0.3, -0.25) is 4.79 Å². The van der Waals surface area contributed by atoms with Crippen molar-refractivity contribution in [2.24, 2.45) is 5.73 Å². The minimum atomic E-state index is -0.774. The van der Waals surface area contributed by atoms with Gasteiger partial charge in [-0.2, -0.15) is 0 Å². The van der Waals surface area contributed by atoms with Gasteiger partial charge in [-0.1, -0.05) is 0 Å². The summed E-state index contributed by atoms with van der Waals surface area (Å²) in [4.78, 5) is 24.8. The number of rotatable bonds is 4. The number of nitrogens with two attached hydrogens (primary N) is 1. The van der Waals surface area contributed by atoms with Gasteiger partial charge in [-0.05, 0) is 39.2 Å². The van der Waals surface area contributed by atoms with Crippen molar-refractivity contribution in [1.82, 2.24) is 0 Å². The molecule has 1 saturated carbocycles. The van der Waals surface area contributed by atoms with Crippen LogP contribution in [0.3, 0.4) is 0 Å². The maximum Gasteiger partial charge on any atom is 0.341 e. The Kier molecular flexibility index (Phi) is 3.91. The van der Waals surface area contributed by atoms with E-state index in [-0.39, 0.29) is 5.91 Å². The monoisotopic (exact) mass is 282 g/mol. The van der Waals surface area contributed by atoms with E-state index in [1.54, 1.807) is 13.0 Å². The van der Waals surface area contributed by atoms with Crippen LogP contribution in [0.4, 0.5) is 5.00 Å². The molecule has 104 valence electrons. The lowest BCUT2D eigenvalue weighted by Crippen LogP contribution is -2.56. The van der Waals surface area contributed by atoms with E-state index in [4.69, 9.17) is 10.5 Å². The number of nitrogens with one attached hydrogen (secondary N) is 1. The number of anilines is 1. The molecule has 6 heteroatoms. The average molecular weight is 282 g/mol. The number of hydrogen-bond donors (Lipinski definition) is 2. The lowest BCUT2D eigenvalue weighted by molar-refractivity contribution is -0.123. The van der Waals surface area contributed by atoms with Crippen LogP contribution in [-0.2, 0) is 9.53 Å². The maximum absolute atomic E-state index is 12.1. The molecule has 1 aromatic heterocycles. The van der Waals surface area contributed by atoms with Crippen LogP contribution in [0.15, 0.2) is 6.07 Å². The van der Waals surface area contributed by atoms with Crippen LogP contribution in [-0.4, -0.2) is 24.0 Å². The van der Waals surface area contributed by atoms with Gasteiger partial charge in [0.05, 0.1) is 17.7 Å². The molecule has 1 heterocycles. The van der Waals surface area contributed by atoms with Crippen LogP contribution in [0.1, 0.15) is 41.4 Å². The first-order valence-corrected chi connectivity index (χ1v) is 7.16. The number of amides is 1. The van der Waals surface area contributed by atoms with E-state index in [0.29, 0.717) is 30.0 Å². The van der Waals surface area contributed by atoms with Gasteiger partial charge in [0.2, 0.25) is 5.91 Å². The van der Waals surface area contributed by atoms with Gasteiger partial charge in [0, 0.05) is 4.88 Å². The molecule has 0 radical (unpaired) electrons. The van der Waals surface area contributed by atoms with Crippen LogP contribution in [0.2, 0.25) is 0 Å². The third-order valence-corrected chi connectivity index (χ3v) is 4.24. The molecule has 0 bridgehead atoms. The predicted molar refractivity (Wildman–Crippen MR) is 74.4 cm³/mol. The van der Waals surface area contributed by atoms with Crippen LogP contribution < -0.4 is 11.1 Å². The zero-order valence-corrected chi connectivity index (χ0v) is 11.9. The molecule has 1 aromatic rings. The Bertz CT molecular complexity index is 506. The van der Waals surface area contributed by atoms with Crippen LogP contribution >= 0.6 is 11.3 Å². The largest absolute Gasteiger partial charge is 0.462 e. The van der Waals surface area contributed by atoms with Crippen molar-refractivity contribution in [2.45, 2.75) is 38.6 Å². The highest BCUT2D eigenvalue weighted by Crippen LogP contribution is 2.33. The number of aryl methyl sites for hydroxylation is 1. The summed E-state index contributed by atoms with van der Waals surface area (Å²) >= 11 is 1.36. The van der Waals surface area contributed by atoms with Crippen molar-refractivity contribution in [3.05, 3.63) is 16.5 Å². The van der Waals surface area contributed by atoms with Crippen LogP contribution in [0.5, 0.6) is 0 Å². The fraction of sp³-hybridized carbons (Fsp3) is 0.538. The SMILES string of the molecule is CCOC(=O)c1cc(C)sc1NC(=O)C1(N)CCC1. The molecule has 3 N–H and O–H groups in total. The molecule has 0 aromatic carbocycles. The number of ether oxygens (including phenoxy) is 1. The van der Waals surface area contributed by atoms with Gasteiger partial charge < -0.3 is 15.8 Å². The molecular weight excluding hydrogens is 264 g/mol. The Morgan fingerprint density at radius 1 is 1.53 bits per heavy atom. The highest BCUT2D eigenvalue weighted by molar-refractivity contribution is 7.16. The molecule has 0 unspecified atom stereocenters. The van der Waals surface area contributed by atoms with Gasteiger partial charge in [0.25, 0.3) is 0 Å². The number of carbonyl (C=O) groups is 2. The maximum atomic E-state index is 12.1. The Hall–Kier alpha value is -1.40. The number of thiophene rings is 1. The quantitative estimate of drug-likeness (QED) is 0.828. The number of esters is 1. The standard InChI is InChI=1S/C13H18N2O3S/c1-3-18-11(16)9-7-8(2)19-10(9)15-12(17)13(14)5-4-6-13/h7H,3-6,14H2,1-2H3,(H,15,17). The van der Waals surface area contributed by atoms with Gasteiger partial charge in [-0.25, -0.2) is 4.79 Å². The summed E-state index contributed by atoms with van der Waals surface area (Å²) in [5.41, 5.74) is 5.59. The highest BCUT2D eigenvalue weighted by atomic mass is 32.1. The van der Waals surface area contributed by atoms with Crippen LogP contribution in [0.25, 0.3) is 0 Å². The zero-order chi connectivity index (χ0) is 14.0. The Morgan fingerprint density at radius 3 is 2.74 bits per heavy atom. The second kappa shape index (κ2) is 5.30. The molecule has 19 heavy (non-hydrogen) atoms. The summed E-state index contributed by atoms with van der Waals surface area (Å²) < 4.78 is 4.97. The van der Waals surface area contributed by atoms with E-state index >= 15 is 0 Å². The fourth-order valence-corrected chi connectivity index (χ4v) is 2.87. The number of hydrogen-bond acceptors (Lipinski definition) is 5. The van der Waals surface area contributed by atoms with E-state index in [1.807, 2.05) is 6.92 Å². The van der Waals surface area contributed by atoms with Crippen molar-refractivity contribution in [3.63, 3.8) is 0 Å². The smallest absolute Gasteiger partial charge is 0.341 e. The minimum absolute atomic E-state index is 0.217. The first kappa shape index (κ1) is 14.0. The normalized spacial score (nSPS) is 16.6. The van der Waals surface area contributed by atoms with E-state index < -0.39 is 11.5 Å². The predicted octanol–water partition coefficient (Wildman–Crippen LogP) is 2.05. The summed E-state index contributed by atoms with van der Waals surface area (Å²) in [5, 5.41) is 3.29. The summed E-state index contributed by atoms with van der Waals surface area (Å²) in [6.07, 6.45) is 2.36. The Balaban J connectivity index is 2.15. The van der Waals surface area contributed by atoms with E-state index in [9.17, 15) is 9.59 Å². The fourth-order valence-electron chi connectivity index (χ4n) is 1.98. The average Bonchev–Trinajstić information content (AvgIpc) is 2.67. The van der Waals surface area contributed by atoms with Gasteiger partial charge in [-0.15, -0.1) is 11.3 Å². The zero-order valence-electron chi connectivity index (χ0n) is 11.1. The van der Waals surface area contributed by atoms with Crippen molar-refractivity contribution in [3.8, 4) is 0 Å². The molecule has 0 atom stereocenters. The van der Waals surface area contributed by atoms with E-state index in [1.165, 1.54) is 11.3 Å². The Morgan fingerprint density at radius 2 is 2.21 bits per heavy atom. The summed E-state index contributed by atoms with van der Waals surface area (Å²) in [6, 6.07) is 1.72. The molecule has 1 amide bonds. The molecular formula is C13H18N2O3S. The number of carbonyl (C=O) groups excluding carboxylic acids is 2. The third kappa shape index (κ3) is 2.79. The van der Waals surface area contributed by atoms with E-state index in [2.05, 4.69) is 5.32 Å². The van der Waals surface area contributed by atoms with Crippen molar-refractivity contribution < 1.29 is 14.3 Å². The molecule has 1 fully saturated rings. The van der Waals surface area contributed by atoms with Gasteiger partial charge >= 0.3 is 5.97 Å². The minimum Gasteiger partial charge on any atom is -0.462 e. The van der Waals surface area contributed by atoms with Crippen LogP contribution in [0, 0.1) is 6.92 Å². The second-order valence-corrected chi connectivity index (χ2v) is 6.04. The Labute approximate surface area is 116 Å². The van der Waals surface area contributed by atoms with Crippen molar-refractivity contribution >= 4 is 28.2 Å². The topological polar surface area (TPSA) is 81.4 Å². The first-order valence-electron chi connectivity index (χ1n) is 6.34. The van der Waals surface area contributed by atoms with Crippen molar-refractivity contribution in [1.29, 1.82) is 0 Å². The summed E-state index contributed by atoms with van der Waals surface area (Å²) in [5.74, 6) is -0.632. The van der Waals surface area contributed by atoms with E-state index in [0.717, 1.165) is 11.3 Å². The van der Waals surface area contributed by atoms with Gasteiger partial charge in [0.15, 0.2) is 0 Å². The molecule has 0 saturated heterocycles. The lowest BCUT2D eigenvalue weighted by Gasteiger charge is -2.36. The van der Waals surface area contributed by atoms with Crippen molar-refractivity contribution in [2.75, 3.05) is 11.9 Å². The second-order valence-electron chi connectivity index (χ2n) is 4.78. The molecule has 1 aliphatic rings. The molecule has 2 rings (SSSR count). The summed E-state index contributed by atoms with van der Waals surface area (Å²) in [6.45, 7) is 3.94. The summed E-state index contributed by atoms with van der Waals surface area (Å²) in [7, 11) is 0. The first-order chi connectivity index (χ1) is 8.96. The lowest BCUT2D eigenvalue weighted by atomic mass is 9.77. The molecule has 5 nitrogen and oxygen atoms in total. The third-order valence-electron chi connectivity index (χ3n) is 3.28. The van der Waals surface area contributed by atoms with Gasteiger partial charge in [0.1, 0.15) is 5.00 Å². The molecule has 0 aliphatic heterocycles. The highest BCUT2D eigenvalue weighted by Gasteiger charge is 2.40. The molecule has 0 spiro atoms. The molecule has 1 aliphatic carbocycles.